The van der Waals surface area contributed by atoms with Gasteiger partial charge in [-0.3, -0.25) is 4.79 Å². The molecule has 0 bridgehead atoms. The summed E-state index contributed by atoms with van der Waals surface area (Å²) in [5.41, 5.74) is 6.21. The molecule has 0 unspecified atom stereocenters. The summed E-state index contributed by atoms with van der Waals surface area (Å²) < 4.78 is 12.6. The molecule has 3 aromatic rings. The fourth-order valence-electron chi connectivity index (χ4n) is 3.08. The number of carbonyl (C=O) groups is 2. The van der Waals surface area contributed by atoms with Gasteiger partial charge in [-0.2, -0.15) is 5.10 Å². The van der Waals surface area contributed by atoms with Gasteiger partial charge in [-0.1, -0.05) is 51.8 Å². The summed E-state index contributed by atoms with van der Waals surface area (Å²) in [5, 5.41) is 4.00. The van der Waals surface area contributed by atoms with Crippen LogP contribution in [0.25, 0.3) is 0 Å². The zero-order valence-electron chi connectivity index (χ0n) is 18.3. The predicted molar refractivity (Wildman–Crippen MR) is 135 cm³/mol. The van der Waals surface area contributed by atoms with Crippen LogP contribution in [0.2, 0.25) is 0 Å². The Balaban J connectivity index is 1.69. The van der Waals surface area contributed by atoms with E-state index in [1.54, 1.807) is 30.3 Å². The topological polar surface area (TPSA) is 77.0 Å². The number of nitrogens with one attached hydrogen (secondary N) is 1. The van der Waals surface area contributed by atoms with Gasteiger partial charge in [-0.05, 0) is 72.1 Å². The minimum absolute atomic E-state index is 0.180. The Morgan fingerprint density at radius 2 is 1.67 bits per heavy atom. The summed E-state index contributed by atoms with van der Waals surface area (Å²) in [6.45, 7) is 5.56. The van der Waals surface area contributed by atoms with Crippen molar-refractivity contribution in [2.75, 3.05) is 6.61 Å². The maximum absolute atomic E-state index is 12.6. The van der Waals surface area contributed by atoms with Gasteiger partial charge in [-0.15, -0.1) is 0 Å². The predicted octanol–water partition coefficient (Wildman–Crippen LogP) is 5.89. The maximum Gasteiger partial charge on any atom is 0.343 e. The lowest BCUT2D eigenvalue weighted by atomic mass is 10.1. The summed E-state index contributed by atoms with van der Waals surface area (Å²) >= 11 is 6.84. The average molecular weight is 574 g/mol. The van der Waals surface area contributed by atoms with Crippen LogP contribution in [0.15, 0.2) is 68.6 Å². The van der Waals surface area contributed by atoms with Gasteiger partial charge in [0.05, 0.1) is 16.3 Å². The van der Waals surface area contributed by atoms with Crippen molar-refractivity contribution in [3.8, 4) is 11.5 Å². The molecule has 8 heteroatoms. The molecule has 0 saturated carbocycles. The molecule has 0 fully saturated rings. The van der Waals surface area contributed by atoms with Gasteiger partial charge < -0.3 is 9.47 Å². The van der Waals surface area contributed by atoms with Crippen LogP contribution < -0.4 is 14.9 Å². The van der Waals surface area contributed by atoms with Crippen LogP contribution in [0.5, 0.6) is 11.5 Å². The molecule has 0 aliphatic carbocycles. The van der Waals surface area contributed by atoms with E-state index in [-0.39, 0.29) is 12.4 Å². The number of ether oxygens (including phenoxy) is 2. The van der Waals surface area contributed by atoms with E-state index in [4.69, 9.17) is 9.47 Å². The van der Waals surface area contributed by atoms with E-state index in [0.717, 1.165) is 21.2 Å². The second-order valence-corrected chi connectivity index (χ2v) is 9.14. The highest BCUT2D eigenvalue weighted by molar-refractivity contribution is 9.11. The SMILES string of the molecule is Cc1cccc(C(=O)Oc2c(Br)cc(Br)cc2/C=N\NC(=O)COc2c(C)cccc2C)c1. The third-order valence-corrected chi connectivity index (χ3v) is 5.68. The molecule has 170 valence electrons. The summed E-state index contributed by atoms with van der Waals surface area (Å²) in [6.07, 6.45) is 1.41. The second-order valence-electron chi connectivity index (χ2n) is 7.37. The first kappa shape index (κ1) is 24.7. The molecule has 0 heterocycles. The van der Waals surface area contributed by atoms with Gasteiger partial charge in [0.1, 0.15) is 5.75 Å². The highest BCUT2D eigenvalue weighted by Gasteiger charge is 2.15. The van der Waals surface area contributed by atoms with Crippen molar-refractivity contribution >= 4 is 50.0 Å². The molecule has 33 heavy (non-hydrogen) atoms. The highest BCUT2D eigenvalue weighted by atomic mass is 79.9. The Bertz CT molecular complexity index is 1200. The molecule has 0 aromatic heterocycles. The van der Waals surface area contributed by atoms with Gasteiger partial charge in [-0.25, -0.2) is 10.2 Å². The highest BCUT2D eigenvalue weighted by Crippen LogP contribution is 2.32. The van der Waals surface area contributed by atoms with Gasteiger partial charge >= 0.3 is 5.97 Å². The molecule has 1 N–H and O–H groups in total. The number of esters is 1. The molecule has 1 amide bonds. The number of halogens is 2. The molecule has 3 rings (SSSR count). The van der Waals surface area contributed by atoms with Crippen molar-refractivity contribution in [3.63, 3.8) is 0 Å². The number of rotatable bonds is 7. The number of hydrogen-bond acceptors (Lipinski definition) is 5. The summed E-state index contributed by atoms with van der Waals surface area (Å²) in [5.74, 6) is 0.0519. The molecular formula is C25H22Br2N2O4. The van der Waals surface area contributed by atoms with Crippen molar-refractivity contribution < 1.29 is 19.1 Å². The van der Waals surface area contributed by atoms with Gasteiger partial charge in [0.25, 0.3) is 5.91 Å². The Morgan fingerprint density at radius 3 is 2.36 bits per heavy atom. The van der Waals surface area contributed by atoms with Crippen LogP contribution >= 0.6 is 31.9 Å². The van der Waals surface area contributed by atoms with E-state index in [0.29, 0.717) is 21.3 Å². The normalized spacial score (nSPS) is 10.8. The minimum Gasteiger partial charge on any atom is -0.483 e. The lowest BCUT2D eigenvalue weighted by Crippen LogP contribution is -2.25. The molecule has 6 nitrogen and oxygen atoms in total. The quantitative estimate of drug-likeness (QED) is 0.166. The lowest BCUT2D eigenvalue weighted by molar-refractivity contribution is -0.123. The summed E-state index contributed by atoms with van der Waals surface area (Å²) in [6, 6.07) is 16.4. The number of benzene rings is 3. The van der Waals surface area contributed by atoms with E-state index in [9.17, 15) is 9.59 Å². The average Bonchev–Trinajstić information content (AvgIpc) is 2.75. The van der Waals surface area contributed by atoms with Crippen LogP contribution in [-0.4, -0.2) is 24.7 Å². The fourth-order valence-corrected chi connectivity index (χ4v) is 4.42. The second kappa shape index (κ2) is 11.2. The largest absolute Gasteiger partial charge is 0.483 e. The zero-order valence-corrected chi connectivity index (χ0v) is 21.5. The number of aryl methyl sites for hydroxylation is 3. The standard InChI is InChI=1S/C25H22Br2N2O4/c1-15-6-4-9-18(10-15)25(31)33-24-19(11-20(26)12-21(24)27)13-28-29-22(30)14-32-23-16(2)7-5-8-17(23)3/h4-13H,14H2,1-3H3,(H,29,30)/b28-13-. The Hall–Kier alpha value is -2.97. The lowest BCUT2D eigenvalue weighted by Gasteiger charge is -2.11. The van der Waals surface area contributed by atoms with Crippen LogP contribution in [0.1, 0.15) is 32.6 Å². The van der Waals surface area contributed by atoms with Crippen molar-refractivity contribution in [2.24, 2.45) is 5.10 Å². The molecule has 0 radical (unpaired) electrons. The van der Waals surface area contributed by atoms with Crippen LogP contribution in [0, 0.1) is 20.8 Å². The molecule has 0 aliphatic rings. The molecule has 3 aromatic carbocycles. The fraction of sp³-hybridized carbons (Fsp3) is 0.160. The maximum atomic E-state index is 12.6. The monoisotopic (exact) mass is 572 g/mol. The van der Waals surface area contributed by atoms with Crippen molar-refractivity contribution in [2.45, 2.75) is 20.8 Å². The molecule has 0 spiro atoms. The zero-order chi connectivity index (χ0) is 24.0. The Kier molecular flexibility index (Phi) is 8.41. The Labute approximate surface area is 209 Å². The number of amides is 1. The van der Waals surface area contributed by atoms with E-state index >= 15 is 0 Å². The molecule has 0 atom stereocenters. The minimum atomic E-state index is -0.498. The molecule has 0 saturated heterocycles. The van der Waals surface area contributed by atoms with E-state index in [1.165, 1.54) is 6.21 Å². The first-order chi connectivity index (χ1) is 15.7. The molecular weight excluding hydrogens is 552 g/mol. The summed E-state index contributed by atoms with van der Waals surface area (Å²) in [7, 11) is 0. The van der Waals surface area contributed by atoms with Gasteiger partial charge in [0.15, 0.2) is 12.4 Å². The molecule has 0 aliphatic heterocycles. The third kappa shape index (κ3) is 6.76. The third-order valence-electron chi connectivity index (χ3n) is 4.63. The van der Waals surface area contributed by atoms with Crippen LogP contribution in [0.4, 0.5) is 0 Å². The number of carbonyl (C=O) groups excluding carboxylic acids is 2. The Morgan fingerprint density at radius 1 is 0.970 bits per heavy atom. The van der Waals surface area contributed by atoms with Crippen molar-refractivity contribution in [3.05, 3.63) is 91.4 Å². The van der Waals surface area contributed by atoms with Crippen molar-refractivity contribution in [1.29, 1.82) is 0 Å². The number of hydrazone groups is 1. The van der Waals surface area contributed by atoms with E-state index < -0.39 is 11.9 Å². The first-order valence-electron chi connectivity index (χ1n) is 10.0. The number of para-hydroxylation sites is 1. The van der Waals surface area contributed by atoms with Crippen molar-refractivity contribution in [1.82, 2.24) is 5.43 Å². The van der Waals surface area contributed by atoms with Gasteiger partial charge in [0, 0.05) is 10.0 Å². The number of hydrogen-bond donors (Lipinski definition) is 1. The first-order valence-corrected chi connectivity index (χ1v) is 11.6. The van der Waals surface area contributed by atoms with Crippen LogP contribution in [0.3, 0.4) is 0 Å². The van der Waals surface area contributed by atoms with E-state index in [2.05, 4.69) is 42.4 Å². The smallest absolute Gasteiger partial charge is 0.343 e. The number of nitrogens with zero attached hydrogens (tertiary/aromatic N) is 1. The van der Waals surface area contributed by atoms with E-state index in [1.807, 2.05) is 45.0 Å². The summed E-state index contributed by atoms with van der Waals surface area (Å²) in [4.78, 5) is 24.8. The van der Waals surface area contributed by atoms with Crippen LogP contribution in [-0.2, 0) is 4.79 Å². The van der Waals surface area contributed by atoms with Gasteiger partial charge in [0.2, 0.25) is 0 Å².